The van der Waals surface area contributed by atoms with Gasteiger partial charge >= 0.3 is 0 Å². The molecule has 7 nitrogen and oxygen atoms in total. The zero-order valence-corrected chi connectivity index (χ0v) is 24.3. The molecule has 0 unspecified atom stereocenters. The van der Waals surface area contributed by atoms with Gasteiger partial charge in [-0.25, -0.2) is 5.43 Å². The minimum Gasteiger partial charge on any atom is -0.490 e. The van der Waals surface area contributed by atoms with E-state index in [2.05, 4.69) is 31.8 Å². The van der Waals surface area contributed by atoms with Crippen molar-refractivity contribution in [2.45, 2.75) is 40.2 Å². The molecule has 0 bridgehead atoms. The molecular formula is C28H28BrCl2N3O4. The molecule has 3 aromatic carbocycles. The number of carbonyl (C=O) groups is 2. The van der Waals surface area contributed by atoms with Crippen molar-refractivity contribution in [2.75, 3.05) is 11.9 Å². The number of ether oxygens (including phenoxy) is 2. The first-order chi connectivity index (χ1) is 18.2. The summed E-state index contributed by atoms with van der Waals surface area (Å²) in [7, 11) is 0. The molecular weight excluding hydrogens is 593 g/mol. The van der Waals surface area contributed by atoms with Crippen molar-refractivity contribution in [2.24, 2.45) is 5.10 Å². The minimum atomic E-state index is -0.374. The van der Waals surface area contributed by atoms with Crippen molar-refractivity contribution in [3.05, 3.63) is 85.3 Å². The lowest BCUT2D eigenvalue weighted by Crippen LogP contribution is -2.21. The normalized spacial score (nSPS) is 10.9. The Morgan fingerprint density at radius 2 is 1.76 bits per heavy atom. The van der Waals surface area contributed by atoms with E-state index in [-0.39, 0.29) is 31.3 Å². The summed E-state index contributed by atoms with van der Waals surface area (Å²) in [4.78, 5) is 24.4. The molecule has 0 aliphatic rings. The molecule has 0 aliphatic carbocycles. The number of amides is 2. The van der Waals surface area contributed by atoms with Crippen LogP contribution in [0.4, 0.5) is 5.69 Å². The monoisotopic (exact) mass is 619 g/mol. The highest BCUT2D eigenvalue weighted by molar-refractivity contribution is 9.10. The van der Waals surface area contributed by atoms with Crippen molar-refractivity contribution in [1.29, 1.82) is 0 Å². The third-order valence-electron chi connectivity index (χ3n) is 5.37. The lowest BCUT2D eigenvalue weighted by Gasteiger charge is -2.15. The summed E-state index contributed by atoms with van der Waals surface area (Å²) in [5.41, 5.74) is 6.65. The van der Waals surface area contributed by atoms with Gasteiger partial charge in [-0.15, -0.1) is 0 Å². The summed E-state index contributed by atoms with van der Waals surface area (Å²) >= 11 is 15.7. The molecule has 0 fully saturated rings. The van der Waals surface area contributed by atoms with E-state index in [0.717, 1.165) is 22.4 Å². The van der Waals surface area contributed by atoms with E-state index in [1.54, 1.807) is 30.3 Å². The first-order valence-corrected chi connectivity index (χ1v) is 13.4. The molecule has 10 heteroatoms. The maximum Gasteiger partial charge on any atom is 0.240 e. The largest absolute Gasteiger partial charge is 0.490 e. The zero-order chi connectivity index (χ0) is 27.7. The Balaban J connectivity index is 1.57. The number of rotatable bonds is 11. The van der Waals surface area contributed by atoms with Crippen molar-refractivity contribution < 1.29 is 19.1 Å². The van der Waals surface area contributed by atoms with Crippen LogP contribution in [0.15, 0.2) is 58.1 Å². The van der Waals surface area contributed by atoms with E-state index in [4.69, 9.17) is 32.7 Å². The fourth-order valence-electron chi connectivity index (χ4n) is 3.40. The van der Waals surface area contributed by atoms with Gasteiger partial charge < -0.3 is 14.8 Å². The van der Waals surface area contributed by atoms with Crippen LogP contribution in [-0.2, 0) is 16.2 Å². The van der Waals surface area contributed by atoms with Gasteiger partial charge in [-0.2, -0.15) is 5.10 Å². The van der Waals surface area contributed by atoms with Crippen LogP contribution in [0.1, 0.15) is 42.0 Å². The second kappa shape index (κ2) is 14.2. The number of hydrazone groups is 1. The van der Waals surface area contributed by atoms with Gasteiger partial charge in [0.05, 0.1) is 17.3 Å². The van der Waals surface area contributed by atoms with Crippen LogP contribution >= 0.6 is 39.1 Å². The summed E-state index contributed by atoms with van der Waals surface area (Å²) in [5.74, 6) is 0.400. The zero-order valence-electron chi connectivity index (χ0n) is 21.2. The van der Waals surface area contributed by atoms with Gasteiger partial charge in [0.25, 0.3) is 0 Å². The summed E-state index contributed by atoms with van der Waals surface area (Å²) in [6, 6.07) is 14.6. The van der Waals surface area contributed by atoms with Crippen molar-refractivity contribution in [3.8, 4) is 11.5 Å². The molecule has 38 heavy (non-hydrogen) atoms. The highest BCUT2D eigenvalue weighted by Crippen LogP contribution is 2.37. The predicted octanol–water partition coefficient (Wildman–Crippen LogP) is 7.22. The second-order valence-corrected chi connectivity index (χ2v) is 10.1. The van der Waals surface area contributed by atoms with E-state index >= 15 is 0 Å². The number of aryl methyl sites for hydroxylation is 2. The standard InChI is InChI=1S/C28H28BrCl2N3O4/c1-4-37-25-13-19(12-22(29)28(25)38-16-20-7-8-21(30)14-23(20)31)15-32-34-27(36)10-9-26(35)33-24-11-17(2)5-6-18(24)3/h5-8,11-15H,4,9-10,16H2,1-3H3,(H,33,35)(H,34,36). The molecule has 0 aromatic heterocycles. The molecule has 0 saturated carbocycles. The number of anilines is 1. The highest BCUT2D eigenvalue weighted by Gasteiger charge is 2.14. The van der Waals surface area contributed by atoms with Crippen LogP contribution in [0, 0.1) is 13.8 Å². The Morgan fingerprint density at radius 3 is 2.50 bits per heavy atom. The molecule has 0 spiro atoms. The quantitative estimate of drug-likeness (QED) is 0.175. The number of benzene rings is 3. The minimum absolute atomic E-state index is 0.00195. The fourth-order valence-corrected chi connectivity index (χ4v) is 4.44. The molecule has 0 aliphatic heterocycles. The van der Waals surface area contributed by atoms with Crippen molar-refractivity contribution in [1.82, 2.24) is 5.43 Å². The summed E-state index contributed by atoms with van der Waals surface area (Å²) < 4.78 is 12.4. The van der Waals surface area contributed by atoms with E-state index in [9.17, 15) is 9.59 Å². The second-order valence-electron chi connectivity index (χ2n) is 8.45. The first-order valence-electron chi connectivity index (χ1n) is 11.9. The Labute approximate surface area is 240 Å². The number of hydrogen-bond acceptors (Lipinski definition) is 5. The summed E-state index contributed by atoms with van der Waals surface area (Å²) in [6.07, 6.45) is 1.53. The first kappa shape index (κ1) is 29.5. The number of halogens is 3. The van der Waals surface area contributed by atoms with Crippen LogP contribution in [-0.4, -0.2) is 24.6 Å². The highest BCUT2D eigenvalue weighted by atomic mass is 79.9. The Morgan fingerprint density at radius 1 is 1.00 bits per heavy atom. The maximum atomic E-state index is 12.2. The lowest BCUT2D eigenvalue weighted by molar-refractivity contribution is -0.124. The predicted molar refractivity (Wildman–Crippen MR) is 156 cm³/mol. The molecule has 3 aromatic rings. The van der Waals surface area contributed by atoms with Crippen molar-refractivity contribution in [3.63, 3.8) is 0 Å². The van der Waals surface area contributed by atoms with E-state index in [1.165, 1.54) is 6.21 Å². The van der Waals surface area contributed by atoms with Gasteiger partial charge in [-0.3, -0.25) is 9.59 Å². The van der Waals surface area contributed by atoms with Crippen LogP contribution in [0.25, 0.3) is 0 Å². The summed E-state index contributed by atoms with van der Waals surface area (Å²) in [6.45, 7) is 6.38. The van der Waals surface area contributed by atoms with Crippen LogP contribution in [0.2, 0.25) is 10.0 Å². The van der Waals surface area contributed by atoms with E-state index < -0.39 is 0 Å². The Hall–Kier alpha value is -3.07. The molecule has 0 radical (unpaired) electrons. The Kier molecular flexibility index (Phi) is 11.0. The van der Waals surface area contributed by atoms with Gasteiger partial charge in [0, 0.05) is 34.1 Å². The molecule has 0 atom stereocenters. The smallest absolute Gasteiger partial charge is 0.240 e. The SMILES string of the molecule is CCOc1cc(C=NNC(=O)CCC(=O)Nc2cc(C)ccc2C)cc(Br)c1OCc1ccc(Cl)cc1Cl. The molecule has 200 valence electrons. The van der Waals surface area contributed by atoms with Crippen LogP contribution in [0.5, 0.6) is 11.5 Å². The molecule has 2 amide bonds. The molecule has 2 N–H and O–H groups in total. The lowest BCUT2D eigenvalue weighted by atomic mass is 10.1. The van der Waals surface area contributed by atoms with E-state index in [0.29, 0.717) is 38.2 Å². The van der Waals surface area contributed by atoms with Gasteiger partial charge in [0.1, 0.15) is 6.61 Å². The topological polar surface area (TPSA) is 89.0 Å². The average Bonchev–Trinajstić information content (AvgIpc) is 2.86. The fraction of sp³-hybridized carbons (Fsp3) is 0.250. The average molecular weight is 621 g/mol. The number of nitrogens with one attached hydrogen (secondary N) is 2. The number of carbonyl (C=O) groups excluding carboxylic acids is 2. The van der Waals surface area contributed by atoms with Gasteiger partial charge in [0.15, 0.2) is 11.5 Å². The van der Waals surface area contributed by atoms with Crippen LogP contribution < -0.4 is 20.2 Å². The van der Waals surface area contributed by atoms with Gasteiger partial charge in [-0.1, -0.05) is 41.4 Å². The Bertz CT molecular complexity index is 1350. The number of nitrogens with zero attached hydrogens (tertiary/aromatic N) is 1. The number of hydrogen-bond donors (Lipinski definition) is 2. The van der Waals surface area contributed by atoms with Gasteiger partial charge in [-0.05, 0) is 83.7 Å². The molecule has 0 saturated heterocycles. The summed E-state index contributed by atoms with van der Waals surface area (Å²) in [5, 5.41) is 7.91. The molecule has 3 rings (SSSR count). The third kappa shape index (κ3) is 8.75. The van der Waals surface area contributed by atoms with Gasteiger partial charge in [0.2, 0.25) is 11.8 Å². The molecule has 0 heterocycles. The maximum absolute atomic E-state index is 12.2. The third-order valence-corrected chi connectivity index (χ3v) is 6.54. The van der Waals surface area contributed by atoms with Crippen molar-refractivity contribution >= 4 is 62.8 Å². The van der Waals surface area contributed by atoms with E-state index in [1.807, 2.05) is 39.0 Å². The van der Waals surface area contributed by atoms with Crippen LogP contribution in [0.3, 0.4) is 0 Å².